The number of anilines is 2. The van der Waals surface area contributed by atoms with Gasteiger partial charge in [-0.2, -0.15) is 0 Å². The summed E-state index contributed by atoms with van der Waals surface area (Å²) in [4.78, 5) is 11.7. The summed E-state index contributed by atoms with van der Waals surface area (Å²) in [6.45, 7) is 2.95. The molecule has 5 rings (SSSR count). The van der Waals surface area contributed by atoms with E-state index in [0.717, 1.165) is 52.4 Å². The third-order valence-electron chi connectivity index (χ3n) is 4.92. The van der Waals surface area contributed by atoms with Gasteiger partial charge in [0.25, 0.3) is 0 Å². The van der Waals surface area contributed by atoms with Crippen LogP contribution < -0.4 is 10.6 Å². The topological polar surface area (TPSA) is 77.4 Å². The highest BCUT2D eigenvalue weighted by molar-refractivity contribution is 5.82. The maximum absolute atomic E-state index is 6.07. The molecule has 6 heteroatoms. The quantitative estimate of drug-likeness (QED) is 0.548. The first-order valence-electron chi connectivity index (χ1n) is 9.32. The van der Waals surface area contributed by atoms with Gasteiger partial charge in [-0.15, -0.1) is 0 Å². The highest BCUT2D eigenvalue weighted by atomic mass is 16.5. The van der Waals surface area contributed by atoms with Crippen molar-refractivity contribution < 1.29 is 9.15 Å². The number of pyridine rings is 1. The van der Waals surface area contributed by atoms with Gasteiger partial charge in [0, 0.05) is 30.5 Å². The van der Waals surface area contributed by atoms with Crippen molar-refractivity contribution in [2.45, 2.75) is 0 Å². The fourth-order valence-electron chi connectivity index (χ4n) is 3.51. The zero-order valence-corrected chi connectivity index (χ0v) is 15.3. The van der Waals surface area contributed by atoms with E-state index in [0.29, 0.717) is 19.1 Å². The van der Waals surface area contributed by atoms with Crippen LogP contribution in [0.1, 0.15) is 0 Å². The largest absolute Gasteiger partial charge is 0.436 e. The lowest BCUT2D eigenvalue weighted by Crippen LogP contribution is -2.37. The molecule has 2 aromatic carbocycles. The van der Waals surface area contributed by atoms with Gasteiger partial charge in [-0.1, -0.05) is 24.3 Å². The van der Waals surface area contributed by atoms with E-state index in [4.69, 9.17) is 24.9 Å². The van der Waals surface area contributed by atoms with Crippen molar-refractivity contribution in [2.24, 2.45) is 0 Å². The number of rotatable bonds is 3. The van der Waals surface area contributed by atoms with E-state index in [9.17, 15) is 0 Å². The van der Waals surface area contributed by atoms with Gasteiger partial charge >= 0.3 is 0 Å². The summed E-state index contributed by atoms with van der Waals surface area (Å²) >= 11 is 0. The molecule has 0 aliphatic carbocycles. The molecule has 0 radical (unpaired) electrons. The number of ether oxygens (including phenoxy) is 1. The molecule has 140 valence electrons. The normalized spacial score (nSPS) is 14.5. The number of benzene rings is 2. The second kappa shape index (κ2) is 6.98. The van der Waals surface area contributed by atoms with Crippen molar-refractivity contribution in [3.63, 3.8) is 0 Å². The van der Waals surface area contributed by atoms with E-state index >= 15 is 0 Å². The predicted molar refractivity (Wildman–Crippen MR) is 110 cm³/mol. The third kappa shape index (κ3) is 3.08. The van der Waals surface area contributed by atoms with Gasteiger partial charge in [-0.05, 0) is 35.9 Å². The van der Waals surface area contributed by atoms with Crippen LogP contribution in [0.15, 0.2) is 65.2 Å². The van der Waals surface area contributed by atoms with Gasteiger partial charge in [0.15, 0.2) is 5.58 Å². The molecule has 1 fully saturated rings. The first kappa shape index (κ1) is 16.8. The molecule has 0 saturated carbocycles. The molecule has 0 atom stereocenters. The van der Waals surface area contributed by atoms with Crippen molar-refractivity contribution in [3.8, 4) is 22.6 Å². The maximum atomic E-state index is 6.07. The summed E-state index contributed by atoms with van der Waals surface area (Å²) in [6, 6.07) is 17.7. The number of aromatic nitrogens is 2. The van der Waals surface area contributed by atoms with Gasteiger partial charge in [0.05, 0.1) is 18.8 Å². The lowest BCUT2D eigenvalue weighted by molar-refractivity contribution is 0.122. The number of nitrogens with zero attached hydrogens (tertiary/aromatic N) is 3. The summed E-state index contributed by atoms with van der Waals surface area (Å²) in [6.07, 6.45) is 1.88. The summed E-state index contributed by atoms with van der Waals surface area (Å²) in [5, 5.41) is 0. The highest BCUT2D eigenvalue weighted by Gasteiger charge is 2.21. The average molecular weight is 372 g/mol. The van der Waals surface area contributed by atoms with Gasteiger partial charge in [0.2, 0.25) is 5.89 Å². The Kier molecular flexibility index (Phi) is 4.18. The Hall–Kier alpha value is -3.38. The van der Waals surface area contributed by atoms with Crippen molar-refractivity contribution in [2.75, 3.05) is 36.9 Å². The van der Waals surface area contributed by atoms with E-state index in [-0.39, 0.29) is 0 Å². The Labute approximate surface area is 162 Å². The standard InChI is InChI=1S/C22H20N4O2/c23-17-5-3-4-15(12-17)16-13-18(21(24-14-16)26-8-10-27-11-9-26)22-25-19-6-1-2-7-20(19)28-22/h1-7,12-14H,8-11,23H2. The third-order valence-corrected chi connectivity index (χ3v) is 4.92. The second-order valence-electron chi connectivity index (χ2n) is 6.81. The van der Waals surface area contributed by atoms with Gasteiger partial charge in [0.1, 0.15) is 11.3 Å². The van der Waals surface area contributed by atoms with Crippen molar-refractivity contribution in [1.29, 1.82) is 0 Å². The van der Waals surface area contributed by atoms with E-state index in [1.165, 1.54) is 0 Å². The number of fused-ring (bicyclic) bond motifs is 1. The number of oxazole rings is 1. The second-order valence-corrected chi connectivity index (χ2v) is 6.81. The molecule has 0 unspecified atom stereocenters. The maximum Gasteiger partial charge on any atom is 0.231 e. The van der Waals surface area contributed by atoms with E-state index in [1.54, 1.807) is 0 Å². The van der Waals surface area contributed by atoms with Crippen LogP contribution >= 0.6 is 0 Å². The minimum Gasteiger partial charge on any atom is -0.436 e. The number of para-hydroxylation sites is 2. The molecule has 0 amide bonds. The summed E-state index contributed by atoms with van der Waals surface area (Å²) in [7, 11) is 0. The zero-order valence-electron chi connectivity index (χ0n) is 15.3. The molecule has 1 aliphatic heterocycles. The zero-order chi connectivity index (χ0) is 18.9. The molecule has 6 nitrogen and oxygen atoms in total. The highest BCUT2D eigenvalue weighted by Crippen LogP contribution is 2.35. The van der Waals surface area contributed by atoms with E-state index in [2.05, 4.69) is 11.0 Å². The minimum absolute atomic E-state index is 0.570. The minimum atomic E-state index is 0.570. The van der Waals surface area contributed by atoms with E-state index < -0.39 is 0 Å². The van der Waals surface area contributed by atoms with Gasteiger partial charge in [-0.25, -0.2) is 9.97 Å². The molecule has 28 heavy (non-hydrogen) atoms. The Morgan fingerprint density at radius 2 is 1.79 bits per heavy atom. The van der Waals surface area contributed by atoms with Crippen LogP contribution in [0.4, 0.5) is 11.5 Å². The first-order valence-corrected chi connectivity index (χ1v) is 9.32. The van der Waals surface area contributed by atoms with Crippen LogP contribution in [0.5, 0.6) is 0 Å². The number of morpholine rings is 1. The summed E-state index contributed by atoms with van der Waals surface area (Å²) in [5.74, 6) is 1.43. The predicted octanol–water partition coefficient (Wildman–Crippen LogP) is 3.98. The summed E-state index contributed by atoms with van der Waals surface area (Å²) in [5.41, 5.74) is 11.1. The van der Waals surface area contributed by atoms with Gasteiger partial charge in [-0.3, -0.25) is 0 Å². The SMILES string of the molecule is Nc1cccc(-c2cnc(N3CCOCC3)c(-c3nc4ccccc4o3)c2)c1. The Bertz CT molecular complexity index is 1100. The number of nitrogens with two attached hydrogens (primary N) is 1. The van der Waals surface area contributed by atoms with Gasteiger partial charge < -0.3 is 19.8 Å². The monoisotopic (exact) mass is 372 g/mol. The molecule has 0 bridgehead atoms. The van der Waals surface area contributed by atoms with Crippen LogP contribution in [-0.2, 0) is 4.74 Å². The molecule has 4 aromatic rings. The van der Waals surface area contributed by atoms with Crippen molar-refractivity contribution >= 4 is 22.6 Å². The molecule has 2 aromatic heterocycles. The van der Waals surface area contributed by atoms with Crippen molar-refractivity contribution in [3.05, 3.63) is 60.8 Å². The fourth-order valence-corrected chi connectivity index (χ4v) is 3.51. The Morgan fingerprint density at radius 1 is 0.929 bits per heavy atom. The average Bonchev–Trinajstić information content (AvgIpc) is 3.18. The lowest BCUT2D eigenvalue weighted by Gasteiger charge is -2.29. The van der Waals surface area contributed by atoms with Crippen LogP contribution in [0, 0.1) is 0 Å². The van der Waals surface area contributed by atoms with Crippen LogP contribution in [0.25, 0.3) is 33.7 Å². The molecular weight excluding hydrogens is 352 g/mol. The molecule has 3 heterocycles. The van der Waals surface area contributed by atoms with Crippen LogP contribution in [-0.4, -0.2) is 36.3 Å². The fraction of sp³-hybridized carbons (Fsp3) is 0.182. The Balaban J connectivity index is 1.67. The van der Waals surface area contributed by atoms with Crippen molar-refractivity contribution in [1.82, 2.24) is 9.97 Å². The smallest absolute Gasteiger partial charge is 0.231 e. The number of nitrogen functional groups attached to an aromatic ring is 1. The molecule has 2 N–H and O–H groups in total. The number of hydrogen-bond acceptors (Lipinski definition) is 6. The first-order chi connectivity index (χ1) is 13.8. The van der Waals surface area contributed by atoms with Crippen LogP contribution in [0.3, 0.4) is 0 Å². The summed E-state index contributed by atoms with van der Waals surface area (Å²) < 4.78 is 11.6. The van der Waals surface area contributed by atoms with Crippen LogP contribution in [0.2, 0.25) is 0 Å². The molecular formula is C22H20N4O2. The molecule has 1 aliphatic rings. The molecule has 0 spiro atoms. The van der Waals surface area contributed by atoms with E-state index in [1.807, 2.05) is 54.7 Å². The number of hydrogen-bond donors (Lipinski definition) is 1. The molecule has 1 saturated heterocycles. The lowest BCUT2D eigenvalue weighted by atomic mass is 10.0. The Morgan fingerprint density at radius 3 is 2.61 bits per heavy atom.